The van der Waals surface area contributed by atoms with E-state index in [1.165, 1.54) is 11.8 Å². The van der Waals surface area contributed by atoms with Gasteiger partial charge in [0.25, 0.3) is 5.91 Å². The predicted molar refractivity (Wildman–Crippen MR) is 100 cm³/mol. The smallest absolute Gasteiger partial charge is 0.251 e. The second kappa shape index (κ2) is 10.4. The highest BCUT2D eigenvalue weighted by atomic mass is 32.2. The zero-order valence-electron chi connectivity index (χ0n) is 14.2. The van der Waals surface area contributed by atoms with Crippen molar-refractivity contribution in [3.63, 3.8) is 0 Å². The molecule has 0 saturated heterocycles. The molecule has 0 aromatic heterocycles. The van der Waals surface area contributed by atoms with E-state index in [0.29, 0.717) is 31.0 Å². The molecule has 0 aliphatic rings. The Morgan fingerprint density at radius 3 is 2.32 bits per heavy atom. The van der Waals surface area contributed by atoms with Gasteiger partial charge < -0.3 is 15.4 Å². The highest BCUT2D eigenvalue weighted by Gasteiger charge is 2.05. The molecule has 0 spiro atoms. The van der Waals surface area contributed by atoms with Crippen molar-refractivity contribution in [3.8, 4) is 5.75 Å². The van der Waals surface area contributed by atoms with Gasteiger partial charge in [0.15, 0.2) is 0 Å². The molecule has 2 aromatic rings. The summed E-state index contributed by atoms with van der Waals surface area (Å²) in [6.07, 6.45) is 0. The quantitative estimate of drug-likeness (QED) is 0.534. The van der Waals surface area contributed by atoms with Crippen molar-refractivity contribution < 1.29 is 14.3 Å². The zero-order valence-corrected chi connectivity index (χ0v) is 15.0. The lowest BCUT2D eigenvalue weighted by atomic mass is 10.2. The number of thioether (sulfide) groups is 1. The van der Waals surface area contributed by atoms with E-state index in [-0.39, 0.29) is 11.8 Å². The van der Waals surface area contributed by atoms with E-state index in [1.54, 1.807) is 12.1 Å². The molecule has 6 heteroatoms. The molecule has 25 heavy (non-hydrogen) atoms. The van der Waals surface area contributed by atoms with Crippen molar-refractivity contribution in [2.75, 3.05) is 25.4 Å². The van der Waals surface area contributed by atoms with E-state index >= 15 is 0 Å². The number of rotatable bonds is 9. The van der Waals surface area contributed by atoms with Crippen molar-refractivity contribution in [2.45, 2.75) is 11.8 Å². The Balaban J connectivity index is 1.61. The monoisotopic (exact) mass is 358 g/mol. The summed E-state index contributed by atoms with van der Waals surface area (Å²) in [7, 11) is 0. The van der Waals surface area contributed by atoms with Crippen LogP contribution in [0.25, 0.3) is 0 Å². The van der Waals surface area contributed by atoms with Gasteiger partial charge in [0.05, 0.1) is 12.4 Å². The van der Waals surface area contributed by atoms with Gasteiger partial charge >= 0.3 is 0 Å². The Bertz CT molecular complexity index is 675. The first-order chi connectivity index (χ1) is 12.2. The minimum atomic E-state index is -0.140. The summed E-state index contributed by atoms with van der Waals surface area (Å²) in [5, 5.41) is 5.56. The molecule has 2 rings (SSSR count). The molecule has 2 aromatic carbocycles. The van der Waals surface area contributed by atoms with E-state index < -0.39 is 0 Å². The first-order valence-electron chi connectivity index (χ1n) is 8.14. The summed E-state index contributed by atoms with van der Waals surface area (Å²) < 4.78 is 5.38. The Labute approximate surface area is 152 Å². The molecule has 132 valence electrons. The van der Waals surface area contributed by atoms with Crippen molar-refractivity contribution in [1.82, 2.24) is 10.6 Å². The number of ether oxygens (including phenoxy) is 1. The van der Waals surface area contributed by atoms with Gasteiger partial charge in [0.1, 0.15) is 5.75 Å². The Morgan fingerprint density at radius 1 is 0.960 bits per heavy atom. The number of amides is 2. The average molecular weight is 358 g/mol. The van der Waals surface area contributed by atoms with Crippen molar-refractivity contribution in [2.24, 2.45) is 0 Å². The van der Waals surface area contributed by atoms with Gasteiger partial charge in [0.2, 0.25) is 5.91 Å². The van der Waals surface area contributed by atoms with Crippen molar-refractivity contribution >= 4 is 23.6 Å². The molecule has 0 fully saturated rings. The van der Waals surface area contributed by atoms with Crippen molar-refractivity contribution in [1.29, 1.82) is 0 Å². The first-order valence-corrected chi connectivity index (χ1v) is 9.13. The van der Waals surface area contributed by atoms with Crippen molar-refractivity contribution in [3.05, 3.63) is 60.2 Å². The number of nitrogens with one attached hydrogen (secondary N) is 2. The molecule has 2 amide bonds. The van der Waals surface area contributed by atoms with Gasteiger partial charge in [-0.1, -0.05) is 18.2 Å². The van der Waals surface area contributed by atoms with E-state index in [9.17, 15) is 9.59 Å². The normalized spacial score (nSPS) is 10.1. The summed E-state index contributed by atoms with van der Waals surface area (Å²) in [5.41, 5.74) is 0.611. The summed E-state index contributed by atoms with van der Waals surface area (Å²) in [6.45, 7) is 3.37. The highest BCUT2D eigenvalue weighted by molar-refractivity contribution is 8.00. The summed E-state index contributed by atoms with van der Waals surface area (Å²) in [6, 6.07) is 16.6. The molecule has 0 radical (unpaired) electrons. The van der Waals surface area contributed by atoms with Crippen LogP contribution in [0.5, 0.6) is 5.75 Å². The van der Waals surface area contributed by atoms with Gasteiger partial charge in [-0.05, 0) is 43.3 Å². The van der Waals surface area contributed by atoms with E-state index in [2.05, 4.69) is 10.6 Å². The molecule has 5 nitrogen and oxygen atoms in total. The fourth-order valence-corrected chi connectivity index (χ4v) is 2.80. The molecule has 0 saturated carbocycles. The van der Waals surface area contributed by atoms with Crippen LogP contribution in [0.4, 0.5) is 0 Å². The first kappa shape index (κ1) is 18.9. The van der Waals surface area contributed by atoms with Gasteiger partial charge in [0, 0.05) is 23.5 Å². The molecule has 0 heterocycles. The largest absolute Gasteiger partial charge is 0.494 e. The molecule has 0 aliphatic carbocycles. The predicted octanol–water partition coefficient (Wildman–Crippen LogP) is 2.72. The topological polar surface area (TPSA) is 67.4 Å². The standard InChI is InChI=1S/C19H22N2O3S/c1-2-24-16-8-10-17(11-9-16)25-14-18(22)20-12-13-21-19(23)15-6-4-3-5-7-15/h3-11H,2,12-14H2,1H3,(H,20,22)(H,21,23). The second-order valence-corrected chi connectivity index (χ2v) is 6.21. The molecule has 0 bridgehead atoms. The Kier molecular flexibility index (Phi) is 7.85. The number of benzene rings is 2. The summed E-state index contributed by atoms with van der Waals surface area (Å²) in [4.78, 5) is 24.7. The van der Waals surface area contributed by atoms with Crippen LogP contribution in [0.2, 0.25) is 0 Å². The molecule has 0 aliphatic heterocycles. The Hall–Kier alpha value is -2.47. The maximum absolute atomic E-state index is 11.8. The lowest BCUT2D eigenvalue weighted by Crippen LogP contribution is -2.35. The molecular weight excluding hydrogens is 336 g/mol. The molecule has 0 atom stereocenters. The third-order valence-corrected chi connectivity index (χ3v) is 4.29. The highest BCUT2D eigenvalue weighted by Crippen LogP contribution is 2.21. The second-order valence-electron chi connectivity index (χ2n) is 5.16. The summed E-state index contributed by atoms with van der Waals surface area (Å²) >= 11 is 1.46. The minimum Gasteiger partial charge on any atom is -0.494 e. The van der Waals surface area contributed by atoms with Crippen LogP contribution in [-0.4, -0.2) is 37.3 Å². The lowest BCUT2D eigenvalue weighted by Gasteiger charge is -2.08. The molecule has 2 N–H and O–H groups in total. The summed E-state index contributed by atoms with van der Waals surface area (Å²) in [5.74, 6) is 0.956. The average Bonchev–Trinajstić information content (AvgIpc) is 2.65. The van der Waals surface area contributed by atoms with Crippen LogP contribution in [0.1, 0.15) is 17.3 Å². The molecule has 0 unspecified atom stereocenters. The third kappa shape index (κ3) is 6.89. The van der Waals surface area contributed by atoms with Crippen LogP contribution >= 0.6 is 11.8 Å². The minimum absolute atomic E-state index is 0.0622. The maximum Gasteiger partial charge on any atom is 0.251 e. The van der Waals surface area contributed by atoms with Gasteiger partial charge in [-0.15, -0.1) is 11.8 Å². The van der Waals surface area contributed by atoms with Crippen LogP contribution < -0.4 is 15.4 Å². The van der Waals surface area contributed by atoms with E-state index in [4.69, 9.17) is 4.74 Å². The zero-order chi connectivity index (χ0) is 17.9. The fourth-order valence-electron chi connectivity index (χ4n) is 2.07. The maximum atomic E-state index is 11.8. The van der Waals surface area contributed by atoms with Crippen LogP contribution in [-0.2, 0) is 4.79 Å². The fraction of sp³-hybridized carbons (Fsp3) is 0.263. The third-order valence-electron chi connectivity index (χ3n) is 3.27. The van der Waals surface area contributed by atoms with E-state index in [0.717, 1.165) is 10.6 Å². The van der Waals surface area contributed by atoms with Crippen LogP contribution in [0.3, 0.4) is 0 Å². The van der Waals surface area contributed by atoms with Gasteiger partial charge in [-0.3, -0.25) is 9.59 Å². The van der Waals surface area contributed by atoms with Gasteiger partial charge in [-0.25, -0.2) is 0 Å². The van der Waals surface area contributed by atoms with Crippen LogP contribution in [0, 0.1) is 0 Å². The van der Waals surface area contributed by atoms with Gasteiger partial charge in [-0.2, -0.15) is 0 Å². The van der Waals surface area contributed by atoms with Crippen LogP contribution in [0.15, 0.2) is 59.5 Å². The molecular formula is C19H22N2O3S. The number of hydrogen-bond acceptors (Lipinski definition) is 4. The Morgan fingerprint density at radius 2 is 1.64 bits per heavy atom. The number of hydrogen-bond donors (Lipinski definition) is 2. The SMILES string of the molecule is CCOc1ccc(SCC(=O)NCCNC(=O)c2ccccc2)cc1. The van der Waals surface area contributed by atoms with E-state index in [1.807, 2.05) is 49.4 Å². The number of carbonyl (C=O) groups is 2. The number of carbonyl (C=O) groups excluding carboxylic acids is 2. The lowest BCUT2D eigenvalue weighted by molar-refractivity contribution is -0.118.